The summed E-state index contributed by atoms with van der Waals surface area (Å²) in [6.45, 7) is 2.36. The Morgan fingerprint density at radius 2 is 1.72 bits per heavy atom. The zero-order valence-corrected chi connectivity index (χ0v) is 11.0. The second-order valence-electron chi connectivity index (χ2n) is 5.33. The van der Waals surface area contributed by atoms with Crippen LogP contribution < -0.4 is 9.64 Å². The summed E-state index contributed by atoms with van der Waals surface area (Å²) in [6.07, 6.45) is 8.74. The van der Waals surface area contributed by atoms with E-state index in [1.807, 2.05) is 0 Å². The molecule has 1 aliphatic heterocycles. The molecule has 1 saturated heterocycles. The van der Waals surface area contributed by atoms with Gasteiger partial charge in [-0.15, -0.1) is 0 Å². The minimum absolute atomic E-state index is 0.839. The van der Waals surface area contributed by atoms with Crippen LogP contribution in [0.4, 0.5) is 5.69 Å². The Kier molecular flexibility index (Phi) is 3.26. The maximum absolute atomic E-state index is 5.21. The molecule has 2 heteroatoms. The summed E-state index contributed by atoms with van der Waals surface area (Å²) < 4.78 is 5.21. The van der Waals surface area contributed by atoms with Crippen molar-refractivity contribution in [2.75, 3.05) is 25.1 Å². The van der Waals surface area contributed by atoms with Crippen LogP contribution in [0.25, 0.3) is 0 Å². The zero-order valence-electron chi connectivity index (χ0n) is 11.0. The van der Waals surface area contributed by atoms with Crippen molar-refractivity contribution >= 4 is 5.69 Å². The number of methoxy groups -OCH3 is 1. The Labute approximate surface area is 109 Å². The van der Waals surface area contributed by atoms with Crippen LogP contribution >= 0.6 is 0 Å². The summed E-state index contributed by atoms with van der Waals surface area (Å²) in [6, 6.07) is 8.46. The Balaban J connectivity index is 1.68. The topological polar surface area (TPSA) is 12.5 Å². The molecule has 1 heterocycles. The number of rotatable bonds is 2. The summed E-state index contributed by atoms with van der Waals surface area (Å²) in [4.78, 5) is 2.52. The van der Waals surface area contributed by atoms with Crippen LogP contribution in [-0.2, 0) is 0 Å². The summed E-state index contributed by atoms with van der Waals surface area (Å²) in [7, 11) is 1.72. The van der Waals surface area contributed by atoms with Gasteiger partial charge in [0.25, 0.3) is 0 Å². The van der Waals surface area contributed by atoms with Crippen molar-refractivity contribution in [3.63, 3.8) is 0 Å². The molecule has 2 nitrogen and oxygen atoms in total. The molecule has 1 fully saturated rings. The molecule has 0 aromatic heterocycles. The molecule has 0 bridgehead atoms. The molecule has 0 amide bonds. The Morgan fingerprint density at radius 1 is 1.00 bits per heavy atom. The zero-order chi connectivity index (χ0) is 12.4. The lowest BCUT2D eigenvalue weighted by Crippen LogP contribution is -2.33. The highest BCUT2D eigenvalue weighted by atomic mass is 16.5. The van der Waals surface area contributed by atoms with Crippen LogP contribution in [-0.4, -0.2) is 20.2 Å². The Morgan fingerprint density at radius 3 is 2.39 bits per heavy atom. The maximum atomic E-state index is 5.21. The second kappa shape index (κ2) is 5.05. The van der Waals surface area contributed by atoms with Crippen LogP contribution in [0.2, 0.25) is 0 Å². The molecular formula is C16H21NO. The Hall–Kier alpha value is -1.44. The van der Waals surface area contributed by atoms with E-state index in [1.165, 1.54) is 38.0 Å². The molecule has 18 heavy (non-hydrogen) atoms. The molecule has 1 aliphatic carbocycles. The first-order chi connectivity index (χ1) is 8.86. The van der Waals surface area contributed by atoms with Gasteiger partial charge in [0.15, 0.2) is 0 Å². The van der Waals surface area contributed by atoms with E-state index in [9.17, 15) is 0 Å². The summed E-state index contributed by atoms with van der Waals surface area (Å²) in [5.74, 6) is 2.65. The predicted octanol–water partition coefficient (Wildman–Crippen LogP) is 3.49. The summed E-state index contributed by atoms with van der Waals surface area (Å²) in [5, 5.41) is 0. The summed E-state index contributed by atoms with van der Waals surface area (Å²) >= 11 is 0. The van der Waals surface area contributed by atoms with Crippen molar-refractivity contribution < 1.29 is 4.74 Å². The SMILES string of the molecule is COc1ccc(N2CCC[C@@H]3C=C[C@H]3CC2)cc1. The van der Waals surface area contributed by atoms with Crippen molar-refractivity contribution in [2.24, 2.45) is 11.8 Å². The fraction of sp³-hybridized carbons (Fsp3) is 0.500. The minimum Gasteiger partial charge on any atom is -0.497 e. The molecule has 0 N–H and O–H groups in total. The van der Waals surface area contributed by atoms with Crippen molar-refractivity contribution in [1.29, 1.82) is 0 Å². The Bertz CT molecular complexity index is 423. The van der Waals surface area contributed by atoms with E-state index in [2.05, 4.69) is 41.3 Å². The van der Waals surface area contributed by atoms with E-state index >= 15 is 0 Å². The number of hydrogen-bond donors (Lipinski definition) is 0. The largest absolute Gasteiger partial charge is 0.497 e. The molecule has 1 aromatic carbocycles. The molecule has 2 atom stereocenters. The van der Waals surface area contributed by atoms with E-state index in [0.717, 1.165) is 17.6 Å². The van der Waals surface area contributed by atoms with Crippen LogP contribution in [0.1, 0.15) is 19.3 Å². The third-order valence-corrected chi connectivity index (χ3v) is 4.29. The first-order valence-corrected chi connectivity index (χ1v) is 6.94. The fourth-order valence-electron chi connectivity index (χ4n) is 3.03. The smallest absolute Gasteiger partial charge is 0.119 e. The van der Waals surface area contributed by atoms with Crippen molar-refractivity contribution in [1.82, 2.24) is 0 Å². The molecule has 2 aliphatic rings. The molecule has 0 saturated carbocycles. The molecule has 96 valence electrons. The van der Waals surface area contributed by atoms with Gasteiger partial charge in [0.2, 0.25) is 0 Å². The van der Waals surface area contributed by atoms with Gasteiger partial charge in [-0.1, -0.05) is 12.2 Å². The standard InChI is InChI=1S/C16H21NO/c1-18-16-8-6-15(7-9-16)17-11-2-3-13-4-5-14(13)10-12-17/h4-9,13-14H,2-3,10-12H2,1H3/t13-,14+/m1/s1. The lowest BCUT2D eigenvalue weighted by atomic mass is 9.76. The van der Waals surface area contributed by atoms with E-state index in [1.54, 1.807) is 7.11 Å². The van der Waals surface area contributed by atoms with Gasteiger partial charge < -0.3 is 9.64 Å². The van der Waals surface area contributed by atoms with E-state index < -0.39 is 0 Å². The van der Waals surface area contributed by atoms with Crippen molar-refractivity contribution in [3.05, 3.63) is 36.4 Å². The van der Waals surface area contributed by atoms with Crippen LogP contribution in [0.5, 0.6) is 5.75 Å². The quantitative estimate of drug-likeness (QED) is 0.737. The van der Waals surface area contributed by atoms with Gasteiger partial charge in [-0.3, -0.25) is 0 Å². The van der Waals surface area contributed by atoms with Crippen molar-refractivity contribution in [2.45, 2.75) is 19.3 Å². The molecule has 0 unspecified atom stereocenters. The van der Waals surface area contributed by atoms with Gasteiger partial charge in [-0.25, -0.2) is 0 Å². The number of fused-ring (bicyclic) bond motifs is 1. The number of anilines is 1. The average Bonchev–Trinajstić information content (AvgIpc) is 2.39. The highest BCUT2D eigenvalue weighted by Crippen LogP contribution is 2.35. The molecule has 0 radical (unpaired) electrons. The van der Waals surface area contributed by atoms with Gasteiger partial charge in [0, 0.05) is 18.8 Å². The van der Waals surface area contributed by atoms with Crippen LogP contribution in [0.3, 0.4) is 0 Å². The molecular weight excluding hydrogens is 222 g/mol. The van der Waals surface area contributed by atoms with Gasteiger partial charge in [-0.05, 0) is 55.4 Å². The predicted molar refractivity (Wildman–Crippen MR) is 75.2 cm³/mol. The first kappa shape index (κ1) is 11.6. The number of nitrogens with zero attached hydrogens (tertiary/aromatic N) is 1. The van der Waals surface area contributed by atoms with Crippen molar-refractivity contribution in [3.8, 4) is 5.75 Å². The van der Waals surface area contributed by atoms with Crippen LogP contribution in [0, 0.1) is 11.8 Å². The normalized spacial score (nSPS) is 26.8. The van der Waals surface area contributed by atoms with Crippen LogP contribution in [0.15, 0.2) is 36.4 Å². The number of benzene rings is 1. The maximum Gasteiger partial charge on any atom is 0.119 e. The third kappa shape index (κ3) is 2.24. The summed E-state index contributed by atoms with van der Waals surface area (Å²) in [5.41, 5.74) is 1.33. The average molecular weight is 243 g/mol. The number of allylic oxidation sites excluding steroid dienone is 2. The van der Waals surface area contributed by atoms with E-state index in [0.29, 0.717) is 0 Å². The molecule has 0 spiro atoms. The fourth-order valence-corrected chi connectivity index (χ4v) is 3.03. The number of hydrogen-bond acceptors (Lipinski definition) is 2. The van der Waals surface area contributed by atoms with Gasteiger partial charge in [0.1, 0.15) is 5.75 Å². The molecule has 1 aromatic rings. The highest BCUT2D eigenvalue weighted by molar-refractivity contribution is 5.49. The lowest BCUT2D eigenvalue weighted by Gasteiger charge is -2.36. The minimum atomic E-state index is 0.839. The molecule has 3 rings (SSSR count). The van der Waals surface area contributed by atoms with E-state index in [4.69, 9.17) is 4.74 Å². The lowest BCUT2D eigenvalue weighted by molar-refractivity contribution is 0.352. The van der Waals surface area contributed by atoms with E-state index in [-0.39, 0.29) is 0 Å². The third-order valence-electron chi connectivity index (χ3n) is 4.29. The second-order valence-corrected chi connectivity index (χ2v) is 5.33. The van der Waals surface area contributed by atoms with Gasteiger partial charge in [0.05, 0.1) is 7.11 Å². The first-order valence-electron chi connectivity index (χ1n) is 6.94. The highest BCUT2D eigenvalue weighted by Gasteiger charge is 2.26. The van der Waals surface area contributed by atoms with Gasteiger partial charge >= 0.3 is 0 Å². The van der Waals surface area contributed by atoms with Gasteiger partial charge in [-0.2, -0.15) is 0 Å². The number of ether oxygens (including phenoxy) is 1. The monoisotopic (exact) mass is 243 g/mol.